The average molecular weight is 628 g/mol. The van der Waals surface area contributed by atoms with Crippen LogP contribution in [0.3, 0.4) is 0 Å². The Bertz CT molecular complexity index is 439. The SMILES string of the molecule is CC(=O)[CH-]C(C)=O.CC(=O)[CH-]C(C)=O.CC(=O)[CH-]C(C)=O.CC(=O)[CH-]C(C)=O.[Th+4]. The van der Waals surface area contributed by atoms with Crippen LogP contribution in [0.5, 0.6) is 0 Å². The Kier molecular flexibility index (Phi) is 31.6. The molecule has 0 spiro atoms. The van der Waals surface area contributed by atoms with Gasteiger partial charge < -0.3 is 38.4 Å². The van der Waals surface area contributed by atoms with Crippen molar-refractivity contribution < 1.29 is 78.3 Å². The van der Waals surface area contributed by atoms with Crippen LogP contribution in [-0.4, -0.2) is 46.3 Å². The molecule has 0 N–H and O–H groups in total. The van der Waals surface area contributed by atoms with Crippen LogP contribution in [-0.2, 0) is 38.4 Å². The van der Waals surface area contributed by atoms with E-state index >= 15 is 0 Å². The molecular formula is C20H28O8Th. The molecule has 0 rings (SSSR count). The van der Waals surface area contributed by atoms with E-state index < -0.39 is 0 Å². The van der Waals surface area contributed by atoms with Crippen LogP contribution in [0.1, 0.15) is 55.4 Å². The zero-order valence-corrected chi connectivity index (χ0v) is 22.2. The van der Waals surface area contributed by atoms with Crippen molar-refractivity contribution in [1.82, 2.24) is 0 Å². The number of hydrogen-bond acceptors (Lipinski definition) is 8. The van der Waals surface area contributed by atoms with Gasteiger partial charge in [0.1, 0.15) is 0 Å². The largest absolute Gasteiger partial charge is 4.00 e. The van der Waals surface area contributed by atoms with E-state index in [1.165, 1.54) is 55.4 Å². The monoisotopic (exact) mass is 628 g/mol. The van der Waals surface area contributed by atoms with Crippen molar-refractivity contribution in [3.63, 3.8) is 0 Å². The second kappa shape index (κ2) is 24.2. The zero-order valence-electron chi connectivity index (χ0n) is 18.1. The molecule has 8 nitrogen and oxygen atoms in total. The minimum atomic E-state index is -0.187. The number of hydrogen-bond donors (Lipinski definition) is 0. The van der Waals surface area contributed by atoms with Crippen LogP contribution in [0, 0.1) is 65.6 Å². The Morgan fingerprint density at radius 1 is 0.310 bits per heavy atom. The minimum Gasteiger partial charge on any atom is -0.334 e. The van der Waals surface area contributed by atoms with Crippen molar-refractivity contribution in [1.29, 1.82) is 0 Å². The topological polar surface area (TPSA) is 137 Å². The molecule has 0 aliphatic heterocycles. The van der Waals surface area contributed by atoms with E-state index in [2.05, 4.69) is 0 Å². The molecule has 0 saturated carbocycles. The summed E-state index contributed by atoms with van der Waals surface area (Å²) in [5.74, 6) is -1.50. The maximum Gasteiger partial charge on any atom is 4.00 e. The Hall–Kier alpha value is -1.84. The third kappa shape index (κ3) is 76.1. The van der Waals surface area contributed by atoms with E-state index in [1.807, 2.05) is 0 Å². The summed E-state index contributed by atoms with van der Waals surface area (Å²) in [6.07, 6.45) is 4.22. The van der Waals surface area contributed by atoms with Gasteiger partial charge in [-0.05, 0) is 55.4 Å². The molecule has 0 aromatic carbocycles. The maximum absolute atomic E-state index is 9.98. The third-order valence-electron chi connectivity index (χ3n) is 1.63. The average Bonchev–Trinajstić information content (AvgIpc) is 2.32. The standard InChI is InChI=1S/4C5H7O2.Th/c4*1-4(6)3-5(2)7;/h4*3H,1-2H3;/q4*-1;+4. The molecule has 0 aliphatic carbocycles. The molecule has 0 saturated heterocycles. The molecule has 0 aromatic rings. The molecule has 0 fully saturated rings. The first kappa shape index (κ1) is 37.9. The predicted octanol–water partition coefficient (Wildman–Crippen LogP) is 1.47. The van der Waals surface area contributed by atoms with Crippen molar-refractivity contribution >= 4 is 46.3 Å². The molecule has 29 heavy (non-hydrogen) atoms. The number of Topliss-reactive ketones (excluding diaryl/α,β-unsaturated/α-hetero) is 8. The van der Waals surface area contributed by atoms with Gasteiger partial charge in [-0.25, -0.2) is 0 Å². The Morgan fingerprint density at radius 3 is 0.379 bits per heavy atom. The van der Waals surface area contributed by atoms with Gasteiger partial charge in [0.15, 0.2) is 0 Å². The van der Waals surface area contributed by atoms with E-state index in [0.29, 0.717) is 0 Å². The van der Waals surface area contributed by atoms with Crippen molar-refractivity contribution in [2.75, 3.05) is 0 Å². The fourth-order valence-corrected chi connectivity index (χ4v) is 1.14. The first-order chi connectivity index (χ1) is 12.5. The first-order valence-corrected chi connectivity index (χ1v) is 7.94. The predicted molar refractivity (Wildman–Crippen MR) is 103 cm³/mol. The normalized spacial score (nSPS) is 7.45. The van der Waals surface area contributed by atoms with Crippen LogP contribution >= 0.6 is 0 Å². The molecule has 0 aliphatic rings. The van der Waals surface area contributed by atoms with Crippen LogP contribution in [0.2, 0.25) is 0 Å². The van der Waals surface area contributed by atoms with Gasteiger partial charge in [0.05, 0.1) is 0 Å². The molecule has 160 valence electrons. The van der Waals surface area contributed by atoms with Crippen LogP contribution in [0.15, 0.2) is 0 Å². The summed E-state index contributed by atoms with van der Waals surface area (Å²) < 4.78 is 0. The van der Waals surface area contributed by atoms with Gasteiger partial charge >= 0.3 is 39.9 Å². The summed E-state index contributed by atoms with van der Waals surface area (Å²) in [6, 6.07) is 0. The quantitative estimate of drug-likeness (QED) is 0.291. The summed E-state index contributed by atoms with van der Waals surface area (Å²) in [5, 5.41) is 0. The second-order valence-electron chi connectivity index (χ2n) is 5.46. The van der Waals surface area contributed by atoms with Gasteiger partial charge in [0, 0.05) is 46.3 Å². The first-order valence-electron chi connectivity index (χ1n) is 7.94. The van der Waals surface area contributed by atoms with E-state index in [1.54, 1.807) is 0 Å². The van der Waals surface area contributed by atoms with Crippen LogP contribution in [0.25, 0.3) is 0 Å². The zero-order chi connectivity index (χ0) is 23.4. The molecular weight excluding hydrogens is 600 g/mol. The summed E-state index contributed by atoms with van der Waals surface area (Å²) in [4.78, 5) is 79.8. The van der Waals surface area contributed by atoms with Gasteiger partial charge in [-0.2, -0.15) is 0 Å². The van der Waals surface area contributed by atoms with E-state index in [4.69, 9.17) is 0 Å². The second-order valence-corrected chi connectivity index (χ2v) is 5.46. The fraction of sp³-hybridized carbons (Fsp3) is 0.400. The van der Waals surface area contributed by atoms with Gasteiger partial charge in [-0.3, -0.25) is 25.7 Å². The van der Waals surface area contributed by atoms with Gasteiger partial charge in [-0.1, -0.05) is 0 Å². The van der Waals surface area contributed by atoms with Crippen LogP contribution < -0.4 is 0 Å². The van der Waals surface area contributed by atoms with Gasteiger partial charge in [0.2, 0.25) is 0 Å². The van der Waals surface area contributed by atoms with Crippen molar-refractivity contribution in [2.45, 2.75) is 55.4 Å². The Morgan fingerprint density at radius 2 is 0.379 bits per heavy atom. The smallest absolute Gasteiger partial charge is 0.334 e. The summed E-state index contributed by atoms with van der Waals surface area (Å²) in [6.45, 7) is 10.8. The summed E-state index contributed by atoms with van der Waals surface area (Å²) in [5.41, 5.74) is 0. The number of carbonyl (C=O) groups excluding carboxylic acids is 8. The van der Waals surface area contributed by atoms with Crippen molar-refractivity contribution in [3.8, 4) is 0 Å². The minimum absolute atomic E-state index is 0. The summed E-state index contributed by atoms with van der Waals surface area (Å²) >= 11 is 0. The van der Waals surface area contributed by atoms with E-state index in [-0.39, 0.29) is 86.2 Å². The molecule has 0 aromatic heterocycles. The maximum atomic E-state index is 9.98. The fourth-order valence-electron chi connectivity index (χ4n) is 1.14. The molecule has 0 atom stereocenters. The van der Waals surface area contributed by atoms with Crippen molar-refractivity contribution in [3.05, 3.63) is 25.7 Å². The van der Waals surface area contributed by atoms with Gasteiger partial charge in [-0.15, -0.1) is 0 Å². The Labute approximate surface area is 204 Å². The molecule has 0 amide bonds. The number of rotatable bonds is 8. The molecule has 0 bridgehead atoms. The molecule has 0 radical (unpaired) electrons. The number of carbonyl (C=O) groups is 8. The molecule has 9 heteroatoms. The Balaban J connectivity index is -0.0000000873. The van der Waals surface area contributed by atoms with E-state index in [9.17, 15) is 38.4 Å². The number of ketones is 8. The van der Waals surface area contributed by atoms with Gasteiger partial charge in [0.25, 0.3) is 0 Å². The van der Waals surface area contributed by atoms with Crippen LogP contribution in [0.4, 0.5) is 0 Å². The van der Waals surface area contributed by atoms with E-state index in [0.717, 1.165) is 25.7 Å². The molecule has 0 unspecified atom stereocenters. The summed E-state index contributed by atoms with van der Waals surface area (Å²) in [7, 11) is 0. The third-order valence-corrected chi connectivity index (χ3v) is 1.63. The van der Waals surface area contributed by atoms with Crippen molar-refractivity contribution in [2.24, 2.45) is 0 Å². The molecule has 0 heterocycles.